The molecule has 0 spiro atoms. The first kappa shape index (κ1) is 16.4. The van der Waals surface area contributed by atoms with E-state index in [2.05, 4.69) is 20.0 Å². The van der Waals surface area contributed by atoms with Gasteiger partial charge in [0, 0.05) is 25.3 Å². The van der Waals surface area contributed by atoms with Gasteiger partial charge in [0.05, 0.1) is 12.7 Å². The van der Waals surface area contributed by atoms with E-state index in [4.69, 9.17) is 0 Å². The topological polar surface area (TPSA) is 79.3 Å². The van der Waals surface area contributed by atoms with Gasteiger partial charge in [0.25, 0.3) is 0 Å². The molecule has 7 nitrogen and oxygen atoms in total. The molecule has 0 aliphatic carbocycles. The molecule has 0 aromatic carbocycles. The standard InChI is InChI=1S/C13H25N5O2S/c1-3-14-6-8-18-11-13(10-15-18)21(19,20)16-9-12-5-4-7-17(12)2/h10-12,14,16H,3-9H2,1-2H3. The Morgan fingerprint density at radius 1 is 1.48 bits per heavy atom. The summed E-state index contributed by atoms with van der Waals surface area (Å²) in [7, 11) is -1.43. The zero-order valence-corrected chi connectivity index (χ0v) is 13.6. The van der Waals surface area contributed by atoms with Gasteiger partial charge in [-0.25, -0.2) is 13.1 Å². The summed E-state index contributed by atoms with van der Waals surface area (Å²) >= 11 is 0. The molecule has 8 heteroatoms. The van der Waals surface area contributed by atoms with E-state index in [1.54, 1.807) is 10.9 Å². The van der Waals surface area contributed by atoms with Crippen molar-refractivity contribution in [2.24, 2.45) is 0 Å². The van der Waals surface area contributed by atoms with Crippen molar-refractivity contribution >= 4 is 10.0 Å². The first-order chi connectivity index (χ1) is 10.0. The average Bonchev–Trinajstić information content (AvgIpc) is 3.06. The van der Waals surface area contributed by atoms with E-state index in [0.29, 0.717) is 19.1 Å². The molecule has 0 radical (unpaired) electrons. The molecule has 1 aromatic rings. The second-order valence-corrected chi connectivity index (χ2v) is 7.19. The Kier molecular flexibility index (Phi) is 5.74. The summed E-state index contributed by atoms with van der Waals surface area (Å²) < 4.78 is 28.8. The van der Waals surface area contributed by atoms with E-state index < -0.39 is 10.0 Å². The van der Waals surface area contributed by atoms with Crippen molar-refractivity contribution in [1.29, 1.82) is 0 Å². The van der Waals surface area contributed by atoms with Crippen LogP contribution >= 0.6 is 0 Å². The van der Waals surface area contributed by atoms with Crippen molar-refractivity contribution in [3.63, 3.8) is 0 Å². The van der Waals surface area contributed by atoms with Crippen LogP contribution in [-0.2, 0) is 16.6 Å². The third-order valence-electron chi connectivity index (χ3n) is 3.87. The molecule has 2 rings (SSSR count). The average molecular weight is 315 g/mol. The quantitative estimate of drug-likeness (QED) is 0.653. The summed E-state index contributed by atoms with van der Waals surface area (Å²) in [5.74, 6) is 0. The number of nitrogens with one attached hydrogen (secondary N) is 2. The highest BCUT2D eigenvalue weighted by Gasteiger charge is 2.24. The molecule has 2 N–H and O–H groups in total. The Morgan fingerprint density at radius 3 is 2.95 bits per heavy atom. The molecule has 1 unspecified atom stereocenters. The molecule has 0 saturated carbocycles. The van der Waals surface area contributed by atoms with Crippen LogP contribution < -0.4 is 10.0 Å². The van der Waals surface area contributed by atoms with Crippen molar-refractivity contribution in [1.82, 2.24) is 24.7 Å². The number of nitrogens with zero attached hydrogens (tertiary/aromatic N) is 3. The van der Waals surface area contributed by atoms with E-state index in [1.807, 2.05) is 14.0 Å². The molecular formula is C13H25N5O2S. The number of hydrogen-bond donors (Lipinski definition) is 2. The maximum atomic E-state index is 12.2. The molecule has 1 fully saturated rings. The molecule has 120 valence electrons. The minimum Gasteiger partial charge on any atom is -0.315 e. The largest absolute Gasteiger partial charge is 0.315 e. The van der Waals surface area contributed by atoms with Gasteiger partial charge in [0.2, 0.25) is 10.0 Å². The summed E-state index contributed by atoms with van der Waals surface area (Å²) in [6, 6.07) is 0.295. The van der Waals surface area contributed by atoms with Gasteiger partial charge in [0.1, 0.15) is 4.90 Å². The highest BCUT2D eigenvalue weighted by atomic mass is 32.2. The van der Waals surface area contributed by atoms with E-state index in [0.717, 1.165) is 32.5 Å². The Morgan fingerprint density at radius 2 is 2.29 bits per heavy atom. The van der Waals surface area contributed by atoms with Crippen molar-refractivity contribution in [3.8, 4) is 0 Å². The van der Waals surface area contributed by atoms with Gasteiger partial charge < -0.3 is 10.2 Å². The van der Waals surface area contributed by atoms with Crippen molar-refractivity contribution in [3.05, 3.63) is 12.4 Å². The van der Waals surface area contributed by atoms with Crippen LogP contribution in [0.25, 0.3) is 0 Å². The molecule has 2 heterocycles. The van der Waals surface area contributed by atoms with Gasteiger partial charge in [-0.2, -0.15) is 5.10 Å². The zero-order chi connectivity index (χ0) is 15.3. The van der Waals surface area contributed by atoms with Crippen molar-refractivity contribution < 1.29 is 8.42 Å². The second kappa shape index (κ2) is 7.35. The molecular weight excluding hydrogens is 290 g/mol. The van der Waals surface area contributed by atoms with Gasteiger partial charge in [-0.05, 0) is 33.0 Å². The lowest BCUT2D eigenvalue weighted by Gasteiger charge is -2.19. The number of hydrogen-bond acceptors (Lipinski definition) is 5. The van der Waals surface area contributed by atoms with Crippen LogP contribution in [-0.4, -0.2) is 62.4 Å². The number of sulfonamides is 1. The first-order valence-corrected chi connectivity index (χ1v) is 8.94. The van der Waals surface area contributed by atoms with E-state index in [-0.39, 0.29) is 4.90 Å². The summed E-state index contributed by atoms with van der Waals surface area (Å²) in [5, 5.41) is 7.28. The normalized spacial score (nSPS) is 20.2. The number of likely N-dealkylation sites (tertiary alicyclic amines) is 1. The Hall–Kier alpha value is -0.960. The van der Waals surface area contributed by atoms with Crippen LogP contribution in [0.2, 0.25) is 0 Å². The molecule has 0 amide bonds. The highest BCUT2D eigenvalue weighted by molar-refractivity contribution is 7.89. The van der Waals surface area contributed by atoms with E-state index in [9.17, 15) is 8.42 Å². The van der Waals surface area contributed by atoms with Crippen LogP contribution in [0.3, 0.4) is 0 Å². The summed E-state index contributed by atoms with van der Waals surface area (Å²) in [6.45, 7) is 5.86. The Balaban J connectivity index is 1.89. The lowest BCUT2D eigenvalue weighted by atomic mass is 10.2. The zero-order valence-electron chi connectivity index (χ0n) is 12.7. The maximum Gasteiger partial charge on any atom is 0.243 e. The Bertz CT molecular complexity index is 543. The van der Waals surface area contributed by atoms with Crippen LogP contribution in [0.5, 0.6) is 0 Å². The van der Waals surface area contributed by atoms with Crippen LogP contribution in [0.1, 0.15) is 19.8 Å². The van der Waals surface area contributed by atoms with Crippen LogP contribution in [0.4, 0.5) is 0 Å². The molecule has 1 aromatic heterocycles. The third-order valence-corrected chi connectivity index (χ3v) is 5.25. The van der Waals surface area contributed by atoms with Gasteiger partial charge in [-0.3, -0.25) is 4.68 Å². The molecule has 1 saturated heterocycles. The number of likely N-dealkylation sites (N-methyl/N-ethyl adjacent to an activating group) is 2. The summed E-state index contributed by atoms with van der Waals surface area (Å²) in [4.78, 5) is 2.43. The SMILES string of the molecule is CCNCCn1cc(S(=O)(=O)NCC2CCCN2C)cn1. The molecule has 1 atom stereocenters. The molecule has 0 bridgehead atoms. The monoisotopic (exact) mass is 315 g/mol. The first-order valence-electron chi connectivity index (χ1n) is 7.46. The smallest absolute Gasteiger partial charge is 0.243 e. The third kappa shape index (κ3) is 4.50. The maximum absolute atomic E-state index is 12.2. The summed E-state index contributed by atoms with van der Waals surface area (Å²) in [5.41, 5.74) is 0. The number of rotatable bonds is 8. The highest BCUT2D eigenvalue weighted by Crippen LogP contribution is 2.15. The van der Waals surface area contributed by atoms with Crippen molar-refractivity contribution in [2.45, 2.75) is 37.2 Å². The molecule has 1 aliphatic heterocycles. The van der Waals surface area contributed by atoms with Crippen LogP contribution in [0, 0.1) is 0 Å². The van der Waals surface area contributed by atoms with E-state index >= 15 is 0 Å². The predicted octanol–water partition coefficient (Wildman–Crippen LogP) is -0.135. The van der Waals surface area contributed by atoms with Gasteiger partial charge in [0.15, 0.2) is 0 Å². The van der Waals surface area contributed by atoms with E-state index in [1.165, 1.54) is 6.20 Å². The predicted molar refractivity (Wildman–Crippen MR) is 81.6 cm³/mol. The van der Waals surface area contributed by atoms with Crippen molar-refractivity contribution in [2.75, 3.05) is 33.2 Å². The van der Waals surface area contributed by atoms with Gasteiger partial charge >= 0.3 is 0 Å². The second-order valence-electron chi connectivity index (χ2n) is 5.42. The summed E-state index contributed by atoms with van der Waals surface area (Å²) in [6.07, 6.45) is 5.16. The number of aromatic nitrogens is 2. The van der Waals surface area contributed by atoms with Gasteiger partial charge in [-0.15, -0.1) is 0 Å². The molecule has 21 heavy (non-hydrogen) atoms. The van der Waals surface area contributed by atoms with Gasteiger partial charge in [-0.1, -0.05) is 6.92 Å². The minimum atomic E-state index is -3.46. The fourth-order valence-electron chi connectivity index (χ4n) is 2.50. The van der Waals surface area contributed by atoms with Crippen LogP contribution in [0.15, 0.2) is 17.3 Å². The lowest BCUT2D eigenvalue weighted by Crippen LogP contribution is -2.38. The Labute approximate surface area is 126 Å². The minimum absolute atomic E-state index is 0.236. The lowest BCUT2D eigenvalue weighted by molar-refractivity contribution is 0.311. The fraction of sp³-hybridized carbons (Fsp3) is 0.769. The molecule has 1 aliphatic rings. The fourth-order valence-corrected chi connectivity index (χ4v) is 3.53.